The molecule has 1 fully saturated rings. The van der Waals surface area contributed by atoms with E-state index in [4.69, 9.17) is 4.74 Å². The van der Waals surface area contributed by atoms with Crippen LogP contribution in [-0.4, -0.2) is 47.9 Å². The SMILES string of the molecule is CC(C)(C)OC(=O)N1CCC(Cc2ccccc2)(C(=O)c2ccc3c(c2)c(I)cn3S(=O)(=O)c2ccccc2)C1. The first-order chi connectivity index (χ1) is 18.9. The van der Waals surface area contributed by atoms with Crippen LogP contribution in [0.15, 0.2) is 90.0 Å². The van der Waals surface area contributed by atoms with Crippen LogP contribution < -0.4 is 0 Å². The number of hydrogen-bond acceptors (Lipinski definition) is 5. The summed E-state index contributed by atoms with van der Waals surface area (Å²) in [6, 6.07) is 23.3. The molecule has 1 unspecified atom stereocenters. The van der Waals surface area contributed by atoms with E-state index in [2.05, 4.69) is 22.6 Å². The molecular formula is C31H31IN2O5S. The van der Waals surface area contributed by atoms with Crippen molar-refractivity contribution in [2.45, 2.75) is 44.1 Å². The average molecular weight is 671 g/mol. The summed E-state index contributed by atoms with van der Waals surface area (Å²) in [6.45, 7) is 6.13. The molecule has 7 nitrogen and oxygen atoms in total. The summed E-state index contributed by atoms with van der Waals surface area (Å²) in [5.74, 6) is -0.0706. The van der Waals surface area contributed by atoms with Crippen molar-refractivity contribution in [1.29, 1.82) is 0 Å². The molecule has 5 rings (SSSR count). The van der Waals surface area contributed by atoms with Gasteiger partial charge in [-0.25, -0.2) is 17.2 Å². The van der Waals surface area contributed by atoms with Crippen molar-refractivity contribution >= 4 is 55.4 Å². The van der Waals surface area contributed by atoms with E-state index in [-0.39, 0.29) is 17.2 Å². The molecule has 1 aromatic heterocycles. The molecule has 0 bridgehead atoms. The maximum Gasteiger partial charge on any atom is 0.410 e. The first-order valence-electron chi connectivity index (χ1n) is 13.1. The lowest BCUT2D eigenvalue weighted by molar-refractivity contribution is 0.0274. The van der Waals surface area contributed by atoms with Gasteiger partial charge in [-0.2, -0.15) is 0 Å². The number of fused-ring (bicyclic) bond motifs is 1. The Balaban J connectivity index is 1.52. The largest absolute Gasteiger partial charge is 0.444 e. The summed E-state index contributed by atoms with van der Waals surface area (Å²) < 4.78 is 34.4. The van der Waals surface area contributed by atoms with E-state index in [1.165, 1.54) is 3.97 Å². The summed E-state index contributed by atoms with van der Waals surface area (Å²) in [7, 11) is -3.81. The minimum absolute atomic E-state index is 0.0706. The third-order valence-corrected chi connectivity index (χ3v) is 9.70. The van der Waals surface area contributed by atoms with Gasteiger partial charge in [0.25, 0.3) is 10.0 Å². The number of nitrogens with zero attached hydrogens (tertiary/aromatic N) is 2. The third kappa shape index (κ3) is 5.54. The van der Waals surface area contributed by atoms with Gasteiger partial charge in [0, 0.05) is 33.8 Å². The number of benzene rings is 3. The summed E-state index contributed by atoms with van der Waals surface area (Å²) >= 11 is 2.11. The van der Waals surface area contributed by atoms with Gasteiger partial charge in [0.15, 0.2) is 5.78 Å². The predicted molar refractivity (Wildman–Crippen MR) is 163 cm³/mol. The molecular weight excluding hydrogens is 639 g/mol. The predicted octanol–water partition coefficient (Wildman–Crippen LogP) is 6.54. The summed E-state index contributed by atoms with van der Waals surface area (Å²) in [4.78, 5) is 29.0. The maximum absolute atomic E-state index is 14.3. The first-order valence-corrected chi connectivity index (χ1v) is 15.6. The number of amides is 1. The van der Waals surface area contributed by atoms with Crippen LogP contribution in [0.25, 0.3) is 10.9 Å². The number of carbonyl (C=O) groups excluding carboxylic acids is 2. The zero-order valence-corrected chi connectivity index (χ0v) is 25.6. The molecule has 9 heteroatoms. The number of likely N-dealkylation sites (tertiary alicyclic amines) is 1. The number of ether oxygens (including phenoxy) is 1. The highest BCUT2D eigenvalue weighted by Gasteiger charge is 2.47. The fourth-order valence-corrected chi connectivity index (χ4v) is 7.56. The molecule has 0 N–H and O–H groups in total. The molecule has 3 aromatic carbocycles. The van der Waals surface area contributed by atoms with Crippen LogP contribution in [0.4, 0.5) is 4.79 Å². The lowest BCUT2D eigenvalue weighted by atomic mass is 9.74. The van der Waals surface area contributed by atoms with Gasteiger partial charge in [-0.1, -0.05) is 48.5 Å². The van der Waals surface area contributed by atoms with E-state index in [1.807, 2.05) is 51.1 Å². The van der Waals surface area contributed by atoms with E-state index >= 15 is 0 Å². The van der Waals surface area contributed by atoms with Crippen molar-refractivity contribution in [3.8, 4) is 0 Å². The Morgan fingerprint density at radius 2 is 1.62 bits per heavy atom. The lowest BCUT2D eigenvalue weighted by Gasteiger charge is -2.29. The van der Waals surface area contributed by atoms with Crippen LogP contribution in [0.5, 0.6) is 0 Å². The van der Waals surface area contributed by atoms with Crippen LogP contribution >= 0.6 is 22.6 Å². The molecule has 0 radical (unpaired) electrons. The van der Waals surface area contributed by atoms with Crippen LogP contribution in [-0.2, 0) is 21.2 Å². The molecule has 1 atom stereocenters. The van der Waals surface area contributed by atoms with Crippen molar-refractivity contribution in [2.24, 2.45) is 5.41 Å². The fourth-order valence-electron chi connectivity index (χ4n) is 5.27. The van der Waals surface area contributed by atoms with Crippen LogP contribution in [0.1, 0.15) is 43.1 Å². The van der Waals surface area contributed by atoms with Gasteiger partial charge < -0.3 is 9.64 Å². The number of ketones is 1. The number of Topliss-reactive ketones (excluding diaryl/α,β-unsaturated/α-hetero) is 1. The molecule has 0 spiro atoms. The van der Waals surface area contributed by atoms with E-state index < -0.39 is 27.1 Å². The Hall–Kier alpha value is -3.18. The van der Waals surface area contributed by atoms with Gasteiger partial charge in [-0.15, -0.1) is 0 Å². The zero-order chi connectivity index (χ0) is 28.7. The van der Waals surface area contributed by atoms with Crippen molar-refractivity contribution in [3.05, 3.63) is 99.8 Å². The quantitative estimate of drug-likeness (QED) is 0.172. The van der Waals surface area contributed by atoms with Crippen LogP contribution in [0.2, 0.25) is 0 Å². The molecule has 208 valence electrons. The Labute approximate surface area is 248 Å². The summed E-state index contributed by atoms with van der Waals surface area (Å²) in [6.07, 6.45) is 2.13. The van der Waals surface area contributed by atoms with E-state index in [0.29, 0.717) is 35.9 Å². The van der Waals surface area contributed by atoms with E-state index in [9.17, 15) is 18.0 Å². The van der Waals surface area contributed by atoms with Crippen molar-refractivity contribution in [3.63, 3.8) is 0 Å². The second-order valence-corrected chi connectivity index (χ2v) is 14.2. The van der Waals surface area contributed by atoms with Crippen molar-refractivity contribution in [1.82, 2.24) is 8.87 Å². The average Bonchev–Trinajstić information content (AvgIpc) is 3.51. The second kappa shape index (κ2) is 10.7. The molecule has 1 amide bonds. The molecule has 0 saturated carbocycles. The molecule has 0 aliphatic carbocycles. The second-order valence-electron chi connectivity index (χ2n) is 11.2. The Morgan fingerprint density at radius 1 is 0.975 bits per heavy atom. The van der Waals surface area contributed by atoms with Crippen molar-refractivity contribution in [2.75, 3.05) is 13.1 Å². The minimum atomic E-state index is -3.81. The van der Waals surface area contributed by atoms with Gasteiger partial charge in [-0.05, 0) is 92.1 Å². The highest BCUT2D eigenvalue weighted by molar-refractivity contribution is 14.1. The molecule has 2 heterocycles. The van der Waals surface area contributed by atoms with E-state index in [0.717, 1.165) is 9.13 Å². The first kappa shape index (κ1) is 28.4. The number of halogens is 1. The third-order valence-electron chi connectivity index (χ3n) is 7.16. The maximum atomic E-state index is 14.3. The normalized spacial score (nSPS) is 17.8. The molecule has 1 saturated heterocycles. The Morgan fingerprint density at radius 3 is 2.27 bits per heavy atom. The van der Waals surface area contributed by atoms with Crippen LogP contribution in [0.3, 0.4) is 0 Å². The fraction of sp³-hybridized carbons (Fsp3) is 0.290. The number of rotatable bonds is 6. The highest BCUT2D eigenvalue weighted by Crippen LogP contribution is 2.39. The summed E-state index contributed by atoms with van der Waals surface area (Å²) in [5.41, 5.74) is 0.528. The molecule has 1 aliphatic rings. The summed E-state index contributed by atoms with van der Waals surface area (Å²) in [5, 5.41) is 0.683. The standard InChI is InChI=1S/C31H31IN2O5S/c1-30(2,3)39-29(36)33-17-16-31(21-33,19-22-10-6-4-7-11-22)28(35)23-14-15-27-25(18-23)26(32)20-34(27)40(37,38)24-12-8-5-9-13-24/h4-15,18,20H,16-17,19,21H2,1-3H3. The highest BCUT2D eigenvalue weighted by atomic mass is 127. The van der Waals surface area contributed by atoms with E-state index in [1.54, 1.807) is 59.6 Å². The zero-order valence-electron chi connectivity index (χ0n) is 22.6. The Kier molecular flexibility index (Phi) is 7.56. The van der Waals surface area contributed by atoms with Gasteiger partial charge in [0.2, 0.25) is 0 Å². The smallest absolute Gasteiger partial charge is 0.410 e. The monoisotopic (exact) mass is 670 g/mol. The van der Waals surface area contributed by atoms with Gasteiger partial charge in [0.05, 0.1) is 15.8 Å². The van der Waals surface area contributed by atoms with Crippen molar-refractivity contribution < 1.29 is 22.7 Å². The topological polar surface area (TPSA) is 85.7 Å². The number of hydrogen-bond donors (Lipinski definition) is 0. The molecule has 40 heavy (non-hydrogen) atoms. The lowest BCUT2D eigenvalue weighted by Crippen LogP contribution is -2.40. The van der Waals surface area contributed by atoms with Gasteiger partial charge in [0.1, 0.15) is 5.60 Å². The Bertz CT molecular complexity index is 1680. The van der Waals surface area contributed by atoms with Crippen LogP contribution in [0, 0.1) is 8.99 Å². The number of aromatic nitrogens is 1. The van der Waals surface area contributed by atoms with Gasteiger partial charge >= 0.3 is 6.09 Å². The number of carbonyl (C=O) groups is 2. The molecule has 4 aromatic rings. The molecule has 1 aliphatic heterocycles. The minimum Gasteiger partial charge on any atom is -0.444 e. The van der Waals surface area contributed by atoms with Gasteiger partial charge in [-0.3, -0.25) is 4.79 Å².